The molecule has 1 aliphatic heterocycles. The van der Waals surface area contributed by atoms with E-state index in [9.17, 15) is 18.5 Å². The number of nitrogens with zero attached hydrogens (tertiary/aromatic N) is 2. The number of sulfonamides is 1. The molecule has 7 heteroatoms. The number of hydrogen-bond acceptors (Lipinski definition) is 4. The second-order valence-electron chi connectivity index (χ2n) is 5.22. The van der Waals surface area contributed by atoms with Gasteiger partial charge >= 0.3 is 0 Å². The van der Waals surface area contributed by atoms with Crippen LogP contribution in [0.1, 0.15) is 33.1 Å². The van der Waals surface area contributed by atoms with Gasteiger partial charge in [0, 0.05) is 24.2 Å². The number of hydrogen-bond donors (Lipinski definition) is 0. The maximum atomic E-state index is 12.7. The lowest BCUT2D eigenvalue weighted by Gasteiger charge is -2.37. The summed E-state index contributed by atoms with van der Waals surface area (Å²) < 4.78 is 26.9. The van der Waals surface area contributed by atoms with Gasteiger partial charge < -0.3 is 0 Å². The summed E-state index contributed by atoms with van der Waals surface area (Å²) >= 11 is 0. The van der Waals surface area contributed by atoms with Crippen LogP contribution in [-0.2, 0) is 10.0 Å². The summed E-state index contributed by atoms with van der Waals surface area (Å²) in [5.41, 5.74) is -0.205. The van der Waals surface area contributed by atoms with Gasteiger partial charge in [0.25, 0.3) is 5.69 Å². The minimum absolute atomic E-state index is 0.00713. The van der Waals surface area contributed by atoms with Gasteiger partial charge in [0.2, 0.25) is 10.0 Å². The fourth-order valence-corrected chi connectivity index (χ4v) is 4.67. The normalized spacial score (nSPS) is 24.5. The largest absolute Gasteiger partial charge is 0.270 e. The Kier molecular flexibility index (Phi) is 4.10. The highest BCUT2D eigenvalue weighted by atomic mass is 32.2. The van der Waals surface area contributed by atoms with E-state index in [1.165, 1.54) is 22.5 Å². The van der Waals surface area contributed by atoms with Crippen molar-refractivity contribution in [1.82, 2.24) is 4.31 Å². The Labute approximate surface area is 118 Å². The SMILES string of the molecule is CC1CCCC(C)N1S(=O)(=O)c1cccc([N+](=O)[O-])c1. The lowest BCUT2D eigenvalue weighted by molar-refractivity contribution is -0.385. The summed E-state index contributed by atoms with van der Waals surface area (Å²) in [4.78, 5) is 10.2. The number of non-ortho nitro benzene ring substituents is 1. The molecule has 0 radical (unpaired) electrons. The van der Waals surface area contributed by atoms with E-state index in [0.717, 1.165) is 25.3 Å². The second-order valence-corrected chi connectivity index (χ2v) is 7.06. The number of rotatable bonds is 3. The van der Waals surface area contributed by atoms with Gasteiger partial charge in [-0.3, -0.25) is 10.1 Å². The number of benzene rings is 1. The smallest absolute Gasteiger partial charge is 0.258 e. The van der Waals surface area contributed by atoms with E-state index in [0.29, 0.717) is 0 Å². The Bertz CT molecular complexity index is 605. The third kappa shape index (κ3) is 2.69. The molecule has 0 bridgehead atoms. The lowest BCUT2D eigenvalue weighted by Crippen LogP contribution is -2.47. The molecule has 0 amide bonds. The molecule has 1 saturated heterocycles. The van der Waals surface area contributed by atoms with Gasteiger partial charge in [-0.25, -0.2) is 8.42 Å². The Morgan fingerprint density at radius 2 is 1.85 bits per heavy atom. The van der Waals surface area contributed by atoms with Crippen molar-refractivity contribution in [2.75, 3.05) is 0 Å². The molecule has 2 rings (SSSR count). The molecule has 6 nitrogen and oxygen atoms in total. The monoisotopic (exact) mass is 298 g/mol. The predicted molar refractivity (Wildman–Crippen MR) is 74.9 cm³/mol. The van der Waals surface area contributed by atoms with Crippen molar-refractivity contribution in [2.24, 2.45) is 0 Å². The first-order valence-corrected chi connectivity index (χ1v) is 8.06. The van der Waals surface area contributed by atoms with E-state index in [1.807, 2.05) is 13.8 Å². The third-order valence-corrected chi connectivity index (χ3v) is 5.84. The number of nitro groups is 1. The minimum Gasteiger partial charge on any atom is -0.258 e. The number of nitro benzene ring substituents is 1. The summed E-state index contributed by atoms with van der Waals surface area (Å²) in [5.74, 6) is 0. The lowest BCUT2D eigenvalue weighted by atomic mass is 10.0. The summed E-state index contributed by atoms with van der Waals surface area (Å²) in [7, 11) is -3.69. The van der Waals surface area contributed by atoms with E-state index in [4.69, 9.17) is 0 Å². The van der Waals surface area contributed by atoms with Gasteiger partial charge in [0.05, 0.1) is 9.82 Å². The molecule has 1 heterocycles. The van der Waals surface area contributed by atoms with Crippen molar-refractivity contribution < 1.29 is 13.3 Å². The van der Waals surface area contributed by atoms with Gasteiger partial charge in [-0.1, -0.05) is 12.5 Å². The molecule has 1 aliphatic rings. The molecule has 2 unspecified atom stereocenters. The first kappa shape index (κ1) is 14.9. The van der Waals surface area contributed by atoms with Gasteiger partial charge in [0.15, 0.2) is 0 Å². The first-order valence-electron chi connectivity index (χ1n) is 6.62. The Morgan fingerprint density at radius 3 is 2.40 bits per heavy atom. The van der Waals surface area contributed by atoms with Crippen molar-refractivity contribution in [1.29, 1.82) is 0 Å². The van der Waals surface area contributed by atoms with Crippen LogP contribution in [0.4, 0.5) is 5.69 Å². The molecule has 1 fully saturated rings. The summed E-state index contributed by atoms with van der Waals surface area (Å²) in [5, 5.41) is 10.8. The molecule has 2 atom stereocenters. The summed E-state index contributed by atoms with van der Waals surface area (Å²) in [6, 6.07) is 5.08. The maximum absolute atomic E-state index is 12.7. The van der Waals surface area contributed by atoms with Crippen LogP contribution in [0.5, 0.6) is 0 Å². The third-order valence-electron chi connectivity index (χ3n) is 3.72. The van der Waals surface area contributed by atoms with Gasteiger partial charge in [-0.05, 0) is 32.8 Å². The molecule has 110 valence electrons. The second kappa shape index (κ2) is 5.49. The van der Waals surface area contributed by atoms with E-state index in [-0.39, 0.29) is 22.7 Å². The predicted octanol–water partition coefficient (Wildman–Crippen LogP) is 2.55. The highest BCUT2D eigenvalue weighted by Gasteiger charge is 2.36. The Balaban J connectivity index is 2.44. The fraction of sp³-hybridized carbons (Fsp3) is 0.538. The van der Waals surface area contributed by atoms with Crippen molar-refractivity contribution in [3.8, 4) is 0 Å². The van der Waals surface area contributed by atoms with Crippen LogP contribution >= 0.6 is 0 Å². The number of piperidine rings is 1. The quantitative estimate of drug-likeness (QED) is 0.634. The van der Waals surface area contributed by atoms with Crippen LogP contribution in [0.15, 0.2) is 29.2 Å². The van der Waals surface area contributed by atoms with E-state index >= 15 is 0 Å². The van der Waals surface area contributed by atoms with Crippen LogP contribution in [0.3, 0.4) is 0 Å². The van der Waals surface area contributed by atoms with Crippen LogP contribution in [-0.4, -0.2) is 29.7 Å². The van der Waals surface area contributed by atoms with Crippen molar-refractivity contribution in [3.05, 3.63) is 34.4 Å². The van der Waals surface area contributed by atoms with Crippen molar-refractivity contribution in [2.45, 2.75) is 50.1 Å². The Morgan fingerprint density at radius 1 is 1.25 bits per heavy atom. The molecule has 20 heavy (non-hydrogen) atoms. The fourth-order valence-electron chi connectivity index (χ4n) is 2.75. The van der Waals surface area contributed by atoms with Crippen LogP contribution in [0.2, 0.25) is 0 Å². The molecule has 0 spiro atoms. The van der Waals surface area contributed by atoms with Gasteiger partial charge in [-0.15, -0.1) is 0 Å². The standard InChI is InChI=1S/C13H18N2O4S/c1-10-5-3-6-11(2)14(10)20(18,19)13-8-4-7-12(9-13)15(16)17/h4,7-11H,3,5-6H2,1-2H3. The highest BCUT2D eigenvalue weighted by molar-refractivity contribution is 7.89. The first-order chi connectivity index (χ1) is 9.34. The van der Waals surface area contributed by atoms with Crippen molar-refractivity contribution >= 4 is 15.7 Å². The molecular weight excluding hydrogens is 280 g/mol. The summed E-state index contributed by atoms with van der Waals surface area (Å²) in [6.07, 6.45) is 2.64. The molecule has 0 N–H and O–H groups in total. The zero-order valence-electron chi connectivity index (χ0n) is 11.5. The van der Waals surface area contributed by atoms with Crippen LogP contribution < -0.4 is 0 Å². The van der Waals surface area contributed by atoms with Crippen LogP contribution in [0, 0.1) is 10.1 Å². The molecular formula is C13H18N2O4S. The van der Waals surface area contributed by atoms with Gasteiger partial charge in [0.1, 0.15) is 0 Å². The van der Waals surface area contributed by atoms with E-state index in [1.54, 1.807) is 0 Å². The van der Waals surface area contributed by atoms with E-state index in [2.05, 4.69) is 0 Å². The topological polar surface area (TPSA) is 80.5 Å². The molecule has 0 saturated carbocycles. The molecule has 1 aromatic rings. The van der Waals surface area contributed by atoms with Crippen LogP contribution in [0.25, 0.3) is 0 Å². The van der Waals surface area contributed by atoms with Gasteiger partial charge in [-0.2, -0.15) is 4.31 Å². The highest BCUT2D eigenvalue weighted by Crippen LogP contribution is 2.30. The minimum atomic E-state index is -3.69. The zero-order chi connectivity index (χ0) is 14.9. The maximum Gasteiger partial charge on any atom is 0.270 e. The molecule has 0 aromatic heterocycles. The molecule has 0 aliphatic carbocycles. The Hall–Kier alpha value is -1.47. The molecule has 1 aromatic carbocycles. The van der Waals surface area contributed by atoms with Crippen molar-refractivity contribution in [3.63, 3.8) is 0 Å². The average Bonchev–Trinajstić information content (AvgIpc) is 2.38. The summed E-state index contributed by atoms with van der Waals surface area (Å²) in [6.45, 7) is 3.76. The van der Waals surface area contributed by atoms with E-state index < -0.39 is 14.9 Å². The average molecular weight is 298 g/mol. The zero-order valence-corrected chi connectivity index (χ0v) is 12.3.